The van der Waals surface area contributed by atoms with Crippen molar-refractivity contribution >= 4 is 17.3 Å². The third-order valence-corrected chi connectivity index (χ3v) is 3.56. The first-order valence-electron chi connectivity index (χ1n) is 7.78. The summed E-state index contributed by atoms with van der Waals surface area (Å²) >= 11 is 0. The van der Waals surface area contributed by atoms with Crippen LogP contribution in [0.25, 0.3) is 0 Å². The number of aryl methyl sites for hydroxylation is 1. The first-order valence-corrected chi connectivity index (χ1v) is 7.78. The molecule has 3 rings (SSSR count). The molecule has 7 nitrogen and oxygen atoms in total. The highest BCUT2D eigenvalue weighted by Gasteiger charge is 2.12. The van der Waals surface area contributed by atoms with Crippen LogP contribution in [-0.2, 0) is 0 Å². The number of nitrogens with one attached hydrogen (secondary N) is 1. The van der Waals surface area contributed by atoms with Crippen molar-refractivity contribution in [2.75, 3.05) is 5.32 Å². The summed E-state index contributed by atoms with van der Waals surface area (Å²) in [5.74, 6) is 0.599. The normalized spacial score (nSPS) is 10.2. The summed E-state index contributed by atoms with van der Waals surface area (Å²) in [5, 5.41) is 13.4. The van der Waals surface area contributed by atoms with Gasteiger partial charge < -0.3 is 10.1 Å². The van der Waals surface area contributed by atoms with Crippen LogP contribution >= 0.6 is 0 Å². The number of hydrogen-bond acceptors (Lipinski definition) is 5. The maximum absolute atomic E-state index is 12.2. The van der Waals surface area contributed by atoms with Crippen molar-refractivity contribution in [3.63, 3.8) is 0 Å². The number of rotatable bonds is 5. The van der Waals surface area contributed by atoms with Crippen molar-refractivity contribution in [3.05, 3.63) is 88.1 Å². The van der Waals surface area contributed by atoms with Crippen molar-refractivity contribution in [2.45, 2.75) is 6.92 Å². The summed E-state index contributed by atoms with van der Waals surface area (Å²) in [4.78, 5) is 26.6. The molecule has 0 atom stereocenters. The number of nitrogens with zero attached hydrogens (tertiary/aromatic N) is 2. The van der Waals surface area contributed by atoms with Gasteiger partial charge in [0.25, 0.3) is 11.6 Å². The number of carbonyl (C=O) groups is 1. The summed E-state index contributed by atoms with van der Waals surface area (Å²) in [5.41, 5.74) is 1.64. The average Bonchev–Trinajstić information content (AvgIpc) is 2.65. The first kappa shape index (κ1) is 17.1. The van der Waals surface area contributed by atoms with Gasteiger partial charge in [0.05, 0.1) is 16.8 Å². The molecule has 0 aliphatic heterocycles. The smallest absolute Gasteiger partial charge is 0.270 e. The molecule has 7 heteroatoms. The Morgan fingerprint density at radius 1 is 1.12 bits per heavy atom. The summed E-state index contributed by atoms with van der Waals surface area (Å²) < 4.78 is 5.62. The zero-order valence-corrected chi connectivity index (χ0v) is 13.9. The molecule has 130 valence electrons. The van der Waals surface area contributed by atoms with E-state index in [9.17, 15) is 14.9 Å². The number of non-ortho nitro benzene ring substituents is 1. The van der Waals surface area contributed by atoms with Crippen LogP contribution in [0, 0.1) is 17.0 Å². The minimum absolute atomic E-state index is 0.141. The van der Waals surface area contributed by atoms with Gasteiger partial charge in [0.2, 0.25) is 5.88 Å². The summed E-state index contributed by atoms with van der Waals surface area (Å²) in [6.07, 6.45) is 1.46. The van der Waals surface area contributed by atoms with Gasteiger partial charge in [0.15, 0.2) is 0 Å². The zero-order valence-electron chi connectivity index (χ0n) is 13.9. The van der Waals surface area contributed by atoms with E-state index in [2.05, 4.69) is 10.3 Å². The minimum atomic E-state index is -0.546. The Bertz CT molecular complexity index is 938. The van der Waals surface area contributed by atoms with Gasteiger partial charge in [-0.1, -0.05) is 23.8 Å². The van der Waals surface area contributed by atoms with E-state index in [1.165, 1.54) is 30.5 Å². The molecule has 2 aromatic carbocycles. The van der Waals surface area contributed by atoms with Crippen LogP contribution in [-0.4, -0.2) is 15.8 Å². The Labute approximate surface area is 149 Å². The fourth-order valence-corrected chi connectivity index (χ4v) is 2.21. The highest BCUT2D eigenvalue weighted by molar-refractivity contribution is 6.04. The summed E-state index contributed by atoms with van der Waals surface area (Å²) in [6, 6.07) is 16.3. The Balaban J connectivity index is 1.67. The van der Waals surface area contributed by atoms with Crippen molar-refractivity contribution in [1.29, 1.82) is 0 Å². The van der Waals surface area contributed by atoms with Gasteiger partial charge >= 0.3 is 0 Å². The first-order chi connectivity index (χ1) is 12.5. The summed E-state index contributed by atoms with van der Waals surface area (Å²) in [6.45, 7) is 1.99. The topological polar surface area (TPSA) is 94.4 Å². The second-order valence-electron chi connectivity index (χ2n) is 5.56. The molecule has 1 heterocycles. The van der Waals surface area contributed by atoms with Crippen molar-refractivity contribution in [1.82, 2.24) is 4.98 Å². The number of benzene rings is 2. The van der Waals surface area contributed by atoms with Gasteiger partial charge in [-0.3, -0.25) is 14.9 Å². The predicted molar refractivity (Wildman–Crippen MR) is 96.5 cm³/mol. The van der Waals surface area contributed by atoms with Crippen molar-refractivity contribution in [2.24, 2.45) is 0 Å². The monoisotopic (exact) mass is 349 g/mol. The molecular weight excluding hydrogens is 334 g/mol. The predicted octanol–water partition coefficient (Wildman–Crippen LogP) is 4.34. The highest BCUT2D eigenvalue weighted by atomic mass is 16.6. The van der Waals surface area contributed by atoms with Crippen LogP contribution < -0.4 is 10.1 Å². The Morgan fingerprint density at radius 3 is 2.54 bits per heavy atom. The molecule has 0 radical (unpaired) electrons. The number of hydrogen-bond donors (Lipinski definition) is 1. The molecule has 0 aliphatic rings. The lowest BCUT2D eigenvalue weighted by Crippen LogP contribution is -2.12. The maximum Gasteiger partial charge on any atom is 0.270 e. The number of pyridine rings is 1. The molecule has 0 bridgehead atoms. The number of carbonyl (C=O) groups excluding carboxylic acids is 1. The van der Waals surface area contributed by atoms with E-state index in [1.54, 1.807) is 12.1 Å². The van der Waals surface area contributed by atoms with Crippen LogP contribution in [0.3, 0.4) is 0 Å². The molecule has 0 unspecified atom stereocenters. The standard InChI is InChI=1S/C19H15N3O4/c1-13-5-8-17(9-6-13)26-18-10-7-15(12-20-18)21-19(23)14-3-2-4-16(11-14)22(24)25/h2-12H,1H3,(H,21,23). The second-order valence-corrected chi connectivity index (χ2v) is 5.56. The maximum atomic E-state index is 12.2. The Hall–Kier alpha value is -3.74. The van der Waals surface area contributed by atoms with Crippen molar-refractivity contribution < 1.29 is 14.5 Å². The van der Waals surface area contributed by atoms with Gasteiger partial charge in [-0.25, -0.2) is 4.98 Å². The van der Waals surface area contributed by atoms with Crippen LogP contribution in [0.15, 0.2) is 66.9 Å². The number of amides is 1. The third kappa shape index (κ3) is 4.21. The molecular formula is C19H15N3O4. The SMILES string of the molecule is Cc1ccc(Oc2ccc(NC(=O)c3cccc([N+](=O)[O-])c3)cn2)cc1. The van der Waals surface area contributed by atoms with E-state index in [1.807, 2.05) is 31.2 Å². The highest BCUT2D eigenvalue weighted by Crippen LogP contribution is 2.21. The summed E-state index contributed by atoms with van der Waals surface area (Å²) in [7, 11) is 0. The van der Waals surface area contributed by atoms with E-state index in [4.69, 9.17) is 4.74 Å². The molecule has 0 spiro atoms. The molecule has 26 heavy (non-hydrogen) atoms. The minimum Gasteiger partial charge on any atom is -0.439 e. The molecule has 1 aromatic heterocycles. The van der Waals surface area contributed by atoms with Gasteiger partial charge in [-0.15, -0.1) is 0 Å². The molecule has 0 aliphatic carbocycles. The molecule has 0 fully saturated rings. The number of ether oxygens (including phenoxy) is 1. The lowest BCUT2D eigenvalue weighted by molar-refractivity contribution is -0.384. The van der Waals surface area contributed by atoms with E-state index < -0.39 is 10.8 Å². The number of nitro groups is 1. The number of aromatic nitrogens is 1. The van der Waals surface area contributed by atoms with Crippen LogP contribution in [0.4, 0.5) is 11.4 Å². The van der Waals surface area contributed by atoms with E-state index in [-0.39, 0.29) is 11.3 Å². The lowest BCUT2D eigenvalue weighted by atomic mass is 10.2. The lowest BCUT2D eigenvalue weighted by Gasteiger charge is -2.07. The zero-order chi connectivity index (χ0) is 18.5. The molecule has 1 N–H and O–H groups in total. The number of anilines is 1. The van der Waals surface area contributed by atoms with Gasteiger partial charge in [0, 0.05) is 23.8 Å². The van der Waals surface area contributed by atoms with Crippen LogP contribution in [0.1, 0.15) is 15.9 Å². The third-order valence-electron chi connectivity index (χ3n) is 3.56. The average molecular weight is 349 g/mol. The fourth-order valence-electron chi connectivity index (χ4n) is 2.21. The number of nitro benzene ring substituents is 1. The second kappa shape index (κ2) is 7.43. The van der Waals surface area contributed by atoms with Gasteiger partial charge in [0.1, 0.15) is 5.75 Å². The van der Waals surface area contributed by atoms with Gasteiger partial charge in [-0.2, -0.15) is 0 Å². The van der Waals surface area contributed by atoms with E-state index in [0.717, 1.165) is 5.56 Å². The van der Waals surface area contributed by atoms with Crippen LogP contribution in [0.2, 0.25) is 0 Å². The molecule has 0 saturated carbocycles. The fraction of sp³-hybridized carbons (Fsp3) is 0.0526. The van der Waals surface area contributed by atoms with E-state index in [0.29, 0.717) is 17.3 Å². The molecule has 3 aromatic rings. The van der Waals surface area contributed by atoms with Crippen LogP contribution in [0.5, 0.6) is 11.6 Å². The molecule has 0 saturated heterocycles. The Kier molecular flexibility index (Phi) is 4.89. The van der Waals surface area contributed by atoms with Crippen molar-refractivity contribution in [3.8, 4) is 11.6 Å². The van der Waals surface area contributed by atoms with E-state index >= 15 is 0 Å². The van der Waals surface area contributed by atoms with Gasteiger partial charge in [-0.05, 0) is 31.2 Å². The molecule has 1 amide bonds. The largest absolute Gasteiger partial charge is 0.439 e. The quantitative estimate of drug-likeness (QED) is 0.546. The Morgan fingerprint density at radius 2 is 1.88 bits per heavy atom.